The Labute approximate surface area is 190 Å². The monoisotopic (exact) mass is 463 g/mol. The molecule has 5 rings (SSSR count). The number of rotatable bonds is 6. The molecule has 2 aromatic rings. The lowest BCUT2D eigenvalue weighted by Gasteiger charge is -2.28. The first-order chi connectivity index (χ1) is 15.5. The highest BCUT2D eigenvalue weighted by Gasteiger charge is 2.50. The van der Waals surface area contributed by atoms with Crippen LogP contribution in [0.15, 0.2) is 12.7 Å². The average Bonchev–Trinajstić information content (AvgIpc) is 3.57. The van der Waals surface area contributed by atoms with Gasteiger partial charge in [-0.15, -0.1) is 0 Å². The summed E-state index contributed by atoms with van der Waals surface area (Å²) in [5.74, 6) is 0.572. The molecule has 2 unspecified atom stereocenters. The first-order valence-electron chi connectivity index (χ1n) is 11.1. The number of aromatic nitrogens is 4. The molecule has 0 amide bonds. The summed E-state index contributed by atoms with van der Waals surface area (Å²) in [6, 6.07) is 0.552. The SMILES string of the molecule is O[C@@H]1C(CNC(=S)NC2CCCC2)OC[C@@]1(O)n1cnc2c(NC3CCOC3)ncnc21. The van der Waals surface area contributed by atoms with Crippen molar-refractivity contribution in [2.45, 2.75) is 62.1 Å². The third kappa shape index (κ3) is 4.13. The molecule has 0 bridgehead atoms. The molecule has 2 aliphatic heterocycles. The highest BCUT2D eigenvalue weighted by atomic mass is 32.1. The number of hydrogen-bond acceptors (Lipinski definition) is 9. The fourth-order valence-corrected chi connectivity index (χ4v) is 4.90. The molecule has 0 aromatic carbocycles. The Kier molecular flexibility index (Phi) is 6.12. The molecule has 12 heteroatoms. The molecule has 4 atom stereocenters. The molecule has 174 valence electrons. The minimum atomic E-state index is -1.70. The Hall–Kier alpha value is -2.12. The first-order valence-corrected chi connectivity index (χ1v) is 11.5. The van der Waals surface area contributed by atoms with Crippen LogP contribution >= 0.6 is 12.2 Å². The van der Waals surface area contributed by atoms with Gasteiger partial charge in [0.15, 0.2) is 27.8 Å². The van der Waals surface area contributed by atoms with Crippen molar-refractivity contribution in [3.8, 4) is 0 Å². The lowest BCUT2D eigenvalue weighted by molar-refractivity contribution is -0.107. The fourth-order valence-electron chi connectivity index (χ4n) is 4.65. The van der Waals surface area contributed by atoms with Gasteiger partial charge in [-0.05, 0) is 31.5 Å². The molecule has 2 aromatic heterocycles. The molecular formula is C20H29N7O4S. The van der Waals surface area contributed by atoms with Crippen molar-refractivity contribution < 1.29 is 19.7 Å². The lowest BCUT2D eigenvalue weighted by Crippen LogP contribution is -2.50. The van der Waals surface area contributed by atoms with Gasteiger partial charge in [0.1, 0.15) is 18.5 Å². The molecule has 0 spiro atoms. The third-order valence-electron chi connectivity index (χ3n) is 6.51. The number of hydrogen-bond donors (Lipinski definition) is 5. The van der Waals surface area contributed by atoms with Gasteiger partial charge in [-0.1, -0.05) is 12.8 Å². The van der Waals surface area contributed by atoms with E-state index in [-0.39, 0.29) is 19.2 Å². The summed E-state index contributed by atoms with van der Waals surface area (Å²) >= 11 is 5.37. The quantitative estimate of drug-likeness (QED) is 0.365. The van der Waals surface area contributed by atoms with Crippen molar-refractivity contribution in [2.24, 2.45) is 0 Å². The zero-order valence-corrected chi connectivity index (χ0v) is 18.6. The standard InChI is InChI=1S/C20H29N7O4S/c28-16-14(7-21-19(32)26-12-3-1-2-4-12)31-9-20(16,29)27-11-24-15-17(22-10-23-18(15)27)25-13-5-6-30-8-13/h10-14,16,28-29H,1-9H2,(H2,21,26,32)(H,22,23,25)/t13?,14?,16-,20+/m1/s1. The maximum absolute atomic E-state index is 11.3. The number of fused-ring (bicyclic) bond motifs is 1. The molecule has 4 heterocycles. The van der Waals surface area contributed by atoms with Crippen LogP contribution in [0.3, 0.4) is 0 Å². The lowest BCUT2D eigenvalue weighted by atomic mass is 10.1. The van der Waals surface area contributed by atoms with Crippen molar-refractivity contribution >= 4 is 34.3 Å². The molecule has 2 saturated heterocycles. The van der Waals surface area contributed by atoms with Gasteiger partial charge in [0.2, 0.25) is 0 Å². The van der Waals surface area contributed by atoms with E-state index in [0.717, 1.165) is 19.3 Å². The second-order valence-corrected chi connectivity index (χ2v) is 9.13. The summed E-state index contributed by atoms with van der Waals surface area (Å²) in [5.41, 5.74) is -0.772. The number of aliphatic hydroxyl groups excluding tert-OH is 1. The van der Waals surface area contributed by atoms with Crippen LogP contribution in [0.25, 0.3) is 11.2 Å². The number of nitrogens with zero attached hydrogens (tertiary/aromatic N) is 4. The van der Waals surface area contributed by atoms with E-state index in [2.05, 4.69) is 30.9 Å². The Morgan fingerprint density at radius 2 is 2.06 bits per heavy atom. The van der Waals surface area contributed by atoms with Crippen molar-refractivity contribution in [3.05, 3.63) is 12.7 Å². The number of imidazole rings is 1. The molecule has 32 heavy (non-hydrogen) atoms. The van der Waals surface area contributed by atoms with E-state index in [1.54, 1.807) is 0 Å². The summed E-state index contributed by atoms with van der Waals surface area (Å²) < 4.78 is 12.6. The summed E-state index contributed by atoms with van der Waals surface area (Å²) in [6.07, 6.45) is 6.58. The van der Waals surface area contributed by atoms with Crippen LogP contribution in [0, 0.1) is 0 Å². The van der Waals surface area contributed by atoms with Gasteiger partial charge in [-0.3, -0.25) is 4.57 Å². The van der Waals surface area contributed by atoms with Crippen LogP contribution in [0.1, 0.15) is 32.1 Å². The van der Waals surface area contributed by atoms with Crippen LogP contribution in [0.2, 0.25) is 0 Å². The highest BCUT2D eigenvalue weighted by molar-refractivity contribution is 7.80. The minimum Gasteiger partial charge on any atom is -0.385 e. The normalized spacial score (nSPS) is 30.8. The second kappa shape index (κ2) is 9.02. The fraction of sp³-hybridized carbons (Fsp3) is 0.700. The number of aliphatic hydroxyl groups is 2. The maximum atomic E-state index is 11.3. The van der Waals surface area contributed by atoms with E-state index >= 15 is 0 Å². The zero-order chi connectivity index (χ0) is 22.1. The summed E-state index contributed by atoms with van der Waals surface area (Å²) in [5, 5.41) is 32.5. The molecule has 3 aliphatic rings. The summed E-state index contributed by atoms with van der Waals surface area (Å²) in [7, 11) is 0. The van der Waals surface area contributed by atoms with Crippen molar-refractivity contribution in [3.63, 3.8) is 0 Å². The Morgan fingerprint density at radius 1 is 1.22 bits per heavy atom. The minimum absolute atomic E-state index is 0.0992. The van der Waals surface area contributed by atoms with Crippen LogP contribution in [-0.2, 0) is 15.2 Å². The van der Waals surface area contributed by atoms with Crippen LogP contribution in [-0.4, -0.2) is 85.5 Å². The topological polar surface area (TPSA) is 139 Å². The zero-order valence-electron chi connectivity index (χ0n) is 17.7. The average molecular weight is 464 g/mol. The van der Waals surface area contributed by atoms with Gasteiger partial charge >= 0.3 is 0 Å². The predicted octanol–water partition coefficient (Wildman–Crippen LogP) is -0.161. The molecular weight excluding hydrogens is 434 g/mol. The molecule has 3 fully saturated rings. The smallest absolute Gasteiger partial charge is 0.197 e. The van der Waals surface area contributed by atoms with E-state index in [0.29, 0.717) is 41.3 Å². The Bertz CT molecular complexity index is 963. The largest absolute Gasteiger partial charge is 0.385 e. The highest BCUT2D eigenvalue weighted by Crippen LogP contribution is 2.33. The van der Waals surface area contributed by atoms with Crippen LogP contribution < -0.4 is 16.0 Å². The molecule has 11 nitrogen and oxygen atoms in total. The Morgan fingerprint density at radius 3 is 2.84 bits per heavy atom. The van der Waals surface area contributed by atoms with Gasteiger partial charge in [0, 0.05) is 19.2 Å². The van der Waals surface area contributed by atoms with Crippen molar-refractivity contribution in [1.29, 1.82) is 0 Å². The van der Waals surface area contributed by atoms with E-state index in [1.807, 2.05) is 0 Å². The van der Waals surface area contributed by atoms with E-state index in [9.17, 15) is 10.2 Å². The number of ether oxygens (including phenoxy) is 2. The number of nitrogens with one attached hydrogen (secondary N) is 3. The Balaban J connectivity index is 1.27. The van der Waals surface area contributed by atoms with Crippen LogP contribution in [0.4, 0.5) is 5.82 Å². The number of thiocarbonyl (C=S) groups is 1. The van der Waals surface area contributed by atoms with Crippen LogP contribution in [0.5, 0.6) is 0 Å². The van der Waals surface area contributed by atoms with E-state index in [1.165, 1.54) is 30.1 Å². The van der Waals surface area contributed by atoms with Gasteiger partial charge in [-0.2, -0.15) is 0 Å². The molecule has 1 aliphatic carbocycles. The van der Waals surface area contributed by atoms with Crippen molar-refractivity contribution in [1.82, 2.24) is 30.2 Å². The first kappa shape index (κ1) is 21.7. The summed E-state index contributed by atoms with van der Waals surface area (Å²) in [4.78, 5) is 13.0. The van der Waals surface area contributed by atoms with Gasteiger partial charge in [0.05, 0.1) is 25.6 Å². The second-order valence-electron chi connectivity index (χ2n) is 8.72. The molecule has 0 radical (unpaired) electrons. The van der Waals surface area contributed by atoms with Gasteiger partial charge < -0.3 is 35.6 Å². The maximum Gasteiger partial charge on any atom is 0.197 e. The summed E-state index contributed by atoms with van der Waals surface area (Å²) in [6.45, 7) is 1.49. The van der Waals surface area contributed by atoms with E-state index in [4.69, 9.17) is 21.7 Å². The third-order valence-corrected chi connectivity index (χ3v) is 6.77. The van der Waals surface area contributed by atoms with Gasteiger partial charge in [0.25, 0.3) is 0 Å². The van der Waals surface area contributed by atoms with Gasteiger partial charge in [-0.25, -0.2) is 15.0 Å². The van der Waals surface area contributed by atoms with Crippen molar-refractivity contribution in [2.75, 3.05) is 31.7 Å². The predicted molar refractivity (Wildman–Crippen MR) is 120 cm³/mol. The molecule has 1 saturated carbocycles. The number of anilines is 1. The molecule has 5 N–H and O–H groups in total. The van der Waals surface area contributed by atoms with E-state index < -0.39 is 17.9 Å².